The molecule has 0 radical (unpaired) electrons. The Morgan fingerprint density at radius 3 is 1.77 bits per heavy atom. The molecule has 1 atom stereocenters. The first kappa shape index (κ1) is 27.6. The fourth-order valence-electron chi connectivity index (χ4n) is 4.73. The molecule has 0 unspecified atom stereocenters. The normalized spacial score (nSPS) is 12.1. The second-order valence-corrected chi connectivity index (χ2v) is 10.6. The molecule has 1 heterocycles. The van der Waals surface area contributed by atoms with E-state index in [2.05, 4.69) is 15.6 Å². The van der Waals surface area contributed by atoms with Gasteiger partial charge in [0.2, 0.25) is 5.91 Å². The first-order valence-electron chi connectivity index (χ1n) is 13.0. The number of ether oxygens (including phenoxy) is 1. The number of nitrogens with zero attached hydrogens (tertiary/aromatic N) is 1. The Labute approximate surface area is 230 Å². The van der Waals surface area contributed by atoms with E-state index in [1.165, 1.54) is 0 Å². The fourth-order valence-corrected chi connectivity index (χ4v) is 4.73. The zero-order chi connectivity index (χ0) is 28.0. The number of anilines is 1. The second kappa shape index (κ2) is 11.9. The van der Waals surface area contributed by atoms with Crippen LogP contribution in [0.1, 0.15) is 48.9 Å². The zero-order valence-electron chi connectivity index (χ0n) is 23.1. The number of pyridine rings is 1. The minimum atomic E-state index is -0.936. The molecular formula is C33H35N3O3. The van der Waals surface area contributed by atoms with E-state index in [1.54, 1.807) is 20.8 Å². The number of nitrogens with one attached hydrogen (secondary N) is 2. The molecule has 6 heteroatoms. The quantitative estimate of drug-likeness (QED) is 0.274. The molecule has 6 nitrogen and oxygen atoms in total. The summed E-state index contributed by atoms with van der Waals surface area (Å²) < 4.78 is 5.54. The molecule has 0 bridgehead atoms. The van der Waals surface area contributed by atoms with Gasteiger partial charge in [-0.25, -0.2) is 4.79 Å². The van der Waals surface area contributed by atoms with Gasteiger partial charge in [-0.2, -0.15) is 0 Å². The van der Waals surface area contributed by atoms with Crippen molar-refractivity contribution < 1.29 is 14.3 Å². The summed E-state index contributed by atoms with van der Waals surface area (Å²) in [5.74, 6) is -0.788. The lowest BCUT2D eigenvalue weighted by Gasteiger charge is -2.29. The van der Waals surface area contributed by atoms with Crippen LogP contribution in [0.2, 0.25) is 0 Å². The van der Waals surface area contributed by atoms with E-state index in [0.29, 0.717) is 5.69 Å². The van der Waals surface area contributed by atoms with Crippen molar-refractivity contribution >= 4 is 17.7 Å². The van der Waals surface area contributed by atoms with Gasteiger partial charge in [0, 0.05) is 24.0 Å². The van der Waals surface area contributed by atoms with Crippen LogP contribution in [-0.4, -0.2) is 28.6 Å². The van der Waals surface area contributed by atoms with Gasteiger partial charge in [0.25, 0.3) is 0 Å². The molecule has 0 saturated carbocycles. The summed E-state index contributed by atoms with van der Waals surface area (Å²) in [5, 5.41) is 5.88. The number of hydrogen-bond donors (Lipinski definition) is 2. The fraction of sp³-hybridized carbons (Fsp3) is 0.242. The molecule has 0 saturated heterocycles. The van der Waals surface area contributed by atoms with E-state index in [0.717, 1.165) is 33.4 Å². The SMILES string of the molecule is Cc1cncc(C)c1-c1ccc(NC(=O)[C@@H](NC(=O)OC(C)(C)C)C(c2ccccc2)c2ccccc2)cc1. The monoisotopic (exact) mass is 521 g/mol. The lowest BCUT2D eigenvalue weighted by Crippen LogP contribution is -2.49. The van der Waals surface area contributed by atoms with E-state index < -0.39 is 23.7 Å². The molecule has 0 aliphatic rings. The van der Waals surface area contributed by atoms with E-state index in [1.807, 2.05) is 111 Å². The Morgan fingerprint density at radius 1 is 0.769 bits per heavy atom. The van der Waals surface area contributed by atoms with Gasteiger partial charge in [0.1, 0.15) is 11.6 Å². The first-order valence-corrected chi connectivity index (χ1v) is 13.0. The van der Waals surface area contributed by atoms with Gasteiger partial charge >= 0.3 is 6.09 Å². The van der Waals surface area contributed by atoms with Gasteiger partial charge < -0.3 is 15.4 Å². The Morgan fingerprint density at radius 2 is 1.28 bits per heavy atom. The molecule has 0 aliphatic carbocycles. The van der Waals surface area contributed by atoms with Crippen LogP contribution in [0, 0.1) is 13.8 Å². The summed E-state index contributed by atoms with van der Waals surface area (Å²) in [4.78, 5) is 31.1. The molecule has 1 aromatic heterocycles. The summed E-state index contributed by atoms with van der Waals surface area (Å²) >= 11 is 0. The van der Waals surface area contributed by atoms with Gasteiger partial charge in [0.05, 0.1) is 0 Å². The minimum Gasteiger partial charge on any atom is -0.444 e. The van der Waals surface area contributed by atoms with E-state index in [9.17, 15) is 9.59 Å². The number of amides is 2. The van der Waals surface area contributed by atoms with Crippen LogP contribution in [0.5, 0.6) is 0 Å². The molecule has 3 aromatic carbocycles. The van der Waals surface area contributed by atoms with Gasteiger partial charge in [-0.05, 0) is 80.1 Å². The highest BCUT2D eigenvalue weighted by molar-refractivity contribution is 5.98. The predicted molar refractivity (Wildman–Crippen MR) is 156 cm³/mol. The van der Waals surface area contributed by atoms with Crippen molar-refractivity contribution in [1.82, 2.24) is 10.3 Å². The van der Waals surface area contributed by atoms with Crippen LogP contribution in [0.15, 0.2) is 97.3 Å². The van der Waals surface area contributed by atoms with Crippen LogP contribution in [0.4, 0.5) is 10.5 Å². The second-order valence-electron chi connectivity index (χ2n) is 10.6. The number of carbonyl (C=O) groups is 2. The standard InChI is InChI=1S/C33H35N3O3/c1-22-20-34-21-23(2)28(22)26-16-18-27(19-17-26)35-31(37)30(36-32(38)39-33(3,4)5)29(24-12-8-6-9-13-24)25-14-10-7-11-15-25/h6-21,29-30H,1-5H3,(H,35,37)(H,36,38)/t30-/m0/s1. The van der Waals surface area contributed by atoms with Crippen molar-refractivity contribution in [3.63, 3.8) is 0 Å². The third kappa shape index (κ3) is 7.11. The van der Waals surface area contributed by atoms with Crippen LogP contribution < -0.4 is 10.6 Å². The number of hydrogen-bond acceptors (Lipinski definition) is 4. The van der Waals surface area contributed by atoms with Gasteiger partial charge in [-0.1, -0.05) is 72.8 Å². The Bertz CT molecular complexity index is 1350. The number of aromatic nitrogens is 1. The largest absolute Gasteiger partial charge is 0.444 e. The first-order chi connectivity index (χ1) is 18.6. The van der Waals surface area contributed by atoms with Crippen LogP contribution in [0.3, 0.4) is 0 Å². The average molecular weight is 522 g/mol. The summed E-state index contributed by atoms with van der Waals surface area (Å²) in [7, 11) is 0. The van der Waals surface area contributed by atoms with Crippen molar-refractivity contribution in [1.29, 1.82) is 0 Å². The maximum absolute atomic E-state index is 13.9. The van der Waals surface area contributed by atoms with Crippen molar-refractivity contribution in [3.8, 4) is 11.1 Å². The maximum Gasteiger partial charge on any atom is 0.408 e. The lowest BCUT2D eigenvalue weighted by molar-refractivity contribution is -0.118. The highest BCUT2D eigenvalue weighted by atomic mass is 16.6. The molecule has 2 amide bonds. The molecular weight excluding hydrogens is 486 g/mol. The minimum absolute atomic E-state index is 0.345. The average Bonchev–Trinajstić information content (AvgIpc) is 2.89. The van der Waals surface area contributed by atoms with Gasteiger partial charge in [-0.15, -0.1) is 0 Å². The van der Waals surface area contributed by atoms with Crippen LogP contribution in [-0.2, 0) is 9.53 Å². The van der Waals surface area contributed by atoms with Crippen molar-refractivity contribution in [3.05, 3.63) is 120 Å². The van der Waals surface area contributed by atoms with E-state index in [4.69, 9.17) is 4.74 Å². The molecule has 2 N–H and O–H groups in total. The predicted octanol–water partition coefficient (Wildman–Crippen LogP) is 7.03. The van der Waals surface area contributed by atoms with Crippen molar-refractivity contribution in [2.75, 3.05) is 5.32 Å². The third-order valence-corrected chi connectivity index (χ3v) is 6.37. The highest BCUT2D eigenvalue weighted by Crippen LogP contribution is 2.31. The smallest absolute Gasteiger partial charge is 0.408 e. The van der Waals surface area contributed by atoms with E-state index >= 15 is 0 Å². The maximum atomic E-state index is 13.9. The number of carbonyl (C=O) groups excluding carboxylic acids is 2. The highest BCUT2D eigenvalue weighted by Gasteiger charge is 2.34. The summed E-state index contributed by atoms with van der Waals surface area (Å²) in [6.45, 7) is 9.44. The summed E-state index contributed by atoms with van der Waals surface area (Å²) in [5.41, 5.74) is 6.06. The molecule has 200 valence electrons. The molecule has 0 spiro atoms. The van der Waals surface area contributed by atoms with E-state index in [-0.39, 0.29) is 5.91 Å². The Hall–Kier alpha value is -4.45. The molecule has 4 rings (SSSR count). The van der Waals surface area contributed by atoms with Gasteiger partial charge in [-0.3, -0.25) is 9.78 Å². The molecule has 4 aromatic rings. The number of alkyl carbamates (subject to hydrolysis) is 1. The van der Waals surface area contributed by atoms with Crippen molar-refractivity contribution in [2.24, 2.45) is 0 Å². The number of benzene rings is 3. The number of aryl methyl sites for hydroxylation is 2. The lowest BCUT2D eigenvalue weighted by atomic mass is 9.84. The topological polar surface area (TPSA) is 80.3 Å². The summed E-state index contributed by atoms with van der Waals surface area (Å²) in [6.07, 6.45) is 3.04. The molecule has 0 fully saturated rings. The zero-order valence-corrected chi connectivity index (χ0v) is 23.1. The Balaban J connectivity index is 1.67. The van der Waals surface area contributed by atoms with Crippen LogP contribution >= 0.6 is 0 Å². The third-order valence-electron chi connectivity index (χ3n) is 6.37. The van der Waals surface area contributed by atoms with Crippen molar-refractivity contribution in [2.45, 2.75) is 52.2 Å². The molecule has 39 heavy (non-hydrogen) atoms. The summed E-state index contributed by atoms with van der Waals surface area (Å²) in [6, 6.07) is 26.2. The van der Waals surface area contributed by atoms with Crippen LogP contribution in [0.25, 0.3) is 11.1 Å². The Kier molecular flexibility index (Phi) is 8.45. The number of rotatable bonds is 7. The van der Waals surface area contributed by atoms with Gasteiger partial charge in [0.15, 0.2) is 0 Å². The molecule has 0 aliphatic heterocycles.